The quantitative estimate of drug-likeness (QED) is 0.678. The minimum Gasteiger partial charge on any atom is -0.359 e. The number of piperidine rings is 1. The van der Waals surface area contributed by atoms with E-state index in [4.69, 9.17) is 0 Å². The smallest absolute Gasteiger partial charge is 0.189 e. The van der Waals surface area contributed by atoms with Crippen LogP contribution in [-0.4, -0.2) is 42.9 Å². The lowest BCUT2D eigenvalue weighted by molar-refractivity contribution is 0.380. The summed E-state index contributed by atoms with van der Waals surface area (Å²) in [5.74, 6) is 1.76. The van der Waals surface area contributed by atoms with Crippen molar-refractivity contribution in [2.45, 2.75) is 18.0 Å². The molecule has 0 saturated carbocycles. The van der Waals surface area contributed by atoms with Crippen LogP contribution in [-0.2, 0) is 0 Å². The molecule has 1 N–H and O–H groups in total. The molecule has 1 atom stereocenters. The standard InChI is InChI=1S/C12H20N4S.ClH/c1-16(9-10-4-3-6-13-8-10)11-5-7-14-12(15-11)17-2;/h5,7,10,13H,3-4,6,8-9H2,1-2H3;1H. The number of thioether (sulfide) groups is 1. The van der Waals surface area contributed by atoms with Gasteiger partial charge in [-0.05, 0) is 44.2 Å². The minimum atomic E-state index is 0. The van der Waals surface area contributed by atoms with Crippen LogP contribution in [0.15, 0.2) is 17.4 Å². The topological polar surface area (TPSA) is 41.1 Å². The summed E-state index contributed by atoms with van der Waals surface area (Å²) in [5.41, 5.74) is 0. The molecule has 1 fully saturated rings. The molecule has 0 radical (unpaired) electrons. The molecule has 2 heterocycles. The molecule has 18 heavy (non-hydrogen) atoms. The first kappa shape index (κ1) is 15.5. The fraction of sp³-hybridized carbons (Fsp3) is 0.667. The third-order valence-corrected chi connectivity index (χ3v) is 3.69. The van der Waals surface area contributed by atoms with Crippen LogP contribution < -0.4 is 10.2 Å². The van der Waals surface area contributed by atoms with Crippen molar-refractivity contribution in [1.82, 2.24) is 15.3 Å². The molecule has 0 amide bonds. The Labute approximate surface area is 119 Å². The highest BCUT2D eigenvalue weighted by molar-refractivity contribution is 7.98. The highest BCUT2D eigenvalue weighted by atomic mass is 35.5. The van der Waals surface area contributed by atoms with Gasteiger partial charge >= 0.3 is 0 Å². The van der Waals surface area contributed by atoms with Crippen LogP contribution in [0.5, 0.6) is 0 Å². The van der Waals surface area contributed by atoms with Gasteiger partial charge in [-0.1, -0.05) is 11.8 Å². The molecule has 4 nitrogen and oxygen atoms in total. The second-order valence-electron chi connectivity index (χ2n) is 4.49. The highest BCUT2D eigenvalue weighted by Gasteiger charge is 2.15. The van der Waals surface area contributed by atoms with Gasteiger partial charge in [0.15, 0.2) is 5.16 Å². The summed E-state index contributed by atoms with van der Waals surface area (Å²) in [6.45, 7) is 3.37. The Bertz CT molecular complexity index is 358. The average Bonchev–Trinajstić information content (AvgIpc) is 2.40. The summed E-state index contributed by atoms with van der Waals surface area (Å²) in [6, 6.07) is 1.98. The molecule has 0 aliphatic carbocycles. The Hall–Kier alpha value is -0.520. The molecule has 0 spiro atoms. The zero-order valence-electron chi connectivity index (χ0n) is 10.9. The lowest BCUT2D eigenvalue weighted by atomic mass is 9.99. The Morgan fingerprint density at radius 1 is 1.56 bits per heavy atom. The first-order valence-corrected chi connectivity index (χ1v) is 7.31. The van der Waals surface area contributed by atoms with Gasteiger partial charge in [0.1, 0.15) is 5.82 Å². The number of nitrogens with zero attached hydrogens (tertiary/aromatic N) is 3. The molecule has 0 bridgehead atoms. The van der Waals surface area contributed by atoms with E-state index in [9.17, 15) is 0 Å². The van der Waals surface area contributed by atoms with Crippen molar-refractivity contribution < 1.29 is 0 Å². The molecule has 0 aromatic carbocycles. The van der Waals surface area contributed by atoms with Crippen LogP contribution >= 0.6 is 24.2 Å². The number of aromatic nitrogens is 2. The fourth-order valence-corrected chi connectivity index (χ4v) is 2.55. The van der Waals surface area contributed by atoms with E-state index < -0.39 is 0 Å². The molecule has 1 aliphatic heterocycles. The molecule has 1 saturated heterocycles. The maximum atomic E-state index is 4.51. The molecule has 2 rings (SSSR count). The van der Waals surface area contributed by atoms with E-state index in [1.54, 1.807) is 11.8 Å². The van der Waals surface area contributed by atoms with E-state index in [1.807, 2.05) is 18.5 Å². The number of rotatable bonds is 4. The summed E-state index contributed by atoms with van der Waals surface area (Å²) in [5, 5.41) is 4.29. The van der Waals surface area contributed by atoms with Gasteiger partial charge in [0, 0.05) is 19.8 Å². The summed E-state index contributed by atoms with van der Waals surface area (Å²) < 4.78 is 0. The maximum Gasteiger partial charge on any atom is 0.189 e. The van der Waals surface area contributed by atoms with Crippen LogP contribution in [0.2, 0.25) is 0 Å². The first-order valence-electron chi connectivity index (χ1n) is 6.08. The van der Waals surface area contributed by atoms with Crippen LogP contribution in [0.3, 0.4) is 0 Å². The Morgan fingerprint density at radius 3 is 3.06 bits per heavy atom. The van der Waals surface area contributed by atoms with Gasteiger partial charge in [-0.2, -0.15) is 0 Å². The second-order valence-corrected chi connectivity index (χ2v) is 5.27. The largest absolute Gasteiger partial charge is 0.359 e. The lowest BCUT2D eigenvalue weighted by Crippen LogP contribution is -2.37. The van der Waals surface area contributed by atoms with Crippen molar-refractivity contribution in [2.75, 3.05) is 37.8 Å². The molecule has 102 valence electrons. The van der Waals surface area contributed by atoms with Crippen molar-refractivity contribution in [1.29, 1.82) is 0 Å². The van der Waals surface area contributed by atoms with Crippen LogP contribution in [0.1, 0.15) is 12.8 Å². The SMILES string of the molecule is CSc1nccc(N(C)CC2CCCNC2)n1.Cl. The first-order chi connectivity index (χ1) is 8.29. The van der Waals surface area contributed by atoms with Gasteiger partial charge < -0.3 is 10.2 Å². The zero-order chi connectivity index (χ0) is 12.1. The van der Waals surface area contributed by atoms with Crippen LogP contribution in [0.4, 0.5) is 5.82 Å². The Morgan fingerprint density at radius 2 is 2.39 bits per heavy atom. The predicted octanol–water partition coefficient (Wildman–Crippen LogP) is 2.06. The van der Waals surface area contributed by atoms with Crippen molar-refractivity contribution in [3.63, 3.8) is 0 Å². The van der Waals surface area contributed by atoms with Crippen molar-refractivity contribution in [3.05, 3.63) is 12.3 Å². The summed E-state index contributed by atoms with van der Waals surface area (Å²) >= 11 is 1.59. The Kier molecular flexibility index (Phi) is 6.75. The lowest BCUT2D eigenvalue weighted by Gasteiger charge is -2.28. The molecule has 1 aromatic rings. The molecular formula is C12H21ClN4S. The van der Waals surface area contributed by atoms with Crippen LogP contribution in [0.25, 0.3) is 0 Å². The summed E-state index contributed by atoms with van der Waals surface area (Å²) in [6.07, 6.45) is 6.45. The van der Waals surface area contributed by atoms with Crippen LogP contribution in [0, 0.1) is 5.92 Å². The minimum absolute atomic E-state index is 0. The van der Waals surface area contributed by atoms with E-state index >= 15 is 0 Å². The summed E-state index contributed by atoms with van der Waals surface area (Å²) in [4.78, 5) is 10.9. The monoisotopic (exact) mass is 288 g/mol. The number of hydrogen-bond donors (Lipinski definition) is 1. The van der Waals surface area contributed by atoms with Gasteiger partial charge in [-0.3, -0.25) is 0 Å². The van der Waals surface area contributed by atoms with E-state index in [0.717, 1.165) is 30.0 Å². The zero-order valence-corrected chi connectivity index (χ0v) is 12.6. The normalized spacial score (nSPS) is 19.1. The number of hydrogen-bond acceptors (Lipinski definition) is 5. The predicted molar refractivity (Wildman–Crippen MR) is 79.9 cm³/mol. The van der Waals surface area contributed by atoms with Gasteiger partial charge in [0.05, 0.1) is 0 Å². The number of halogens is 1. The molecule has 1 aliphatic rings. The van der Waals surface area contributed by atoms with E-state index in [2.05, 4.69) is 27.2 Å². The van der Waals surface area contributed by atoms with Crippen molar-refractivity contribution >= 4 is 30.0 Å². The Balaban J connectivity index is 0.00000162. The average molecular weight is 289 g/mol. The van der Waals surface area contributed by atoms with E-state index in [0.29, 0.717) is 0 Å². The highest BCUT2D eigenvalue weighted by Crippen LogP contribution is 2.17. The second kappa shape index (κ2) is 7.81. The van der Waals surface area contributed by atoms with E-state index in [1.165, 1.54) is 19.4 Å². The molecule has 1 aromatic heterocycles. The van der Waals surface area contributed by atoms with Crippen molar-refractivity contribution in [2.24, 2.45) is 5.92 Å². The van der Waals surface area contributed by atoms with Gasteiger partial charge in [0.25, 0.3) is 0 Å². The van der Waals surface area contributed by atoms with Gasteiger partial charge in [0.2, 0.25) is 0 Å². The van der Waals surface area contributed by atoms with Gasteiger partial charge in [-0.25, -0.2) is 9.97 Å². The van der Waals surface area contributed by atoms with Crippen molar-refractivity contribution in [3.8, 4) is 0 Å². The van der Waals surface area contributed by atoms with Gasteiger partial charge in [-0.15, -0.1) is 12.4 Å². The number of nitrogens with one attached hydrogen (secondary N) is 1. The molecule has 1 unspecified atom stereocenters. The number of anilines is 1. The summed E-state index contributed by atoms with van der Waals surface area (Å²) in [7, 11) is 2.11. The molecule has 6 heteroatoms. The molecular weight excluding hydrogens is 268 g/mol. The fourth-order valence-electron chi connectivity index (χ4n) is 2.20. The third kappa shape index (κ3) is 4.30. The third-order valence-electron chi connectivity index (χ3n) is 3.12. The maximum absolute atomic E-state index is 4.51. The van der Waals surface area contributed by atoms with E-state index in [-0.39, 0.29) is 12.4 Å².